The maximum absolute atomic E-state index is 11.6. The SMILES string of the molecule is CC(C)(C)c1cc(C(=C2SC=CS2)C(=C2SC=CS2)c2cc(C(C)(C)C)c(O)c(C(C)(C)C)c2)cc(C(C)(C)C)c1O. The van der Waals surface area contributed by atoms with E-state index in [1.54, 1.807) is 47.0 Å². The Hall–Kier alpha value is -1.60. The van der Waals surface area contributed by atoms with Crippen LogP contribution < -0.4 is 0 Å². The number of benzene rings is 2. The van der Waals surface area contributed by atoms with Crippen molar-refractivity contribution in [2.45, 2.75) is 105 Å². The van der Waals surface area contributed by atoms with Gasteiger partial charge in [-0.25, -0.2) is 0 Å². The molecule has 0 radical (unpaired) electrons. The number of hydrogen-bond acceptors (Lipinski definition) is 6. The molecule has 42 heavy (non-hydrogen) atoms. The highest BCUT2D eigenvalue weighted by Crippen LogP contribution is 2.55. The van der Waals surface area contributed by atoms with Gasteiger partial charge in [0.05, 0.1) is 8.47 Å². The van der Waals surface area contributed by atoms with Gasteiger partial charge in [-0.3, -0.25) is 0 Å². The summed E-state index contributed by atoms with van der Waals surface area (Å²) >= 11 is 7.03. The monoisotopic (exact) mass is 638 g/mol. The first-order valence-corrected chi connectivity index (χ1v) is 18.0. The Bertz CT molecular complexity index is 1310. The summed E-state index contributed by atoms with van der Waals surface area (Å²) in [6.45, 7) is 26.0. The molecule has 0 aliphatic carbocycles. The maximum Gasteiger partial charge on any atom is 0.123 e. The van der Waals surface area contributed by atoms with E-state index in [4.69, 9.17) is 0 Å². The third-order valence-electron chi connectivity index (χ3n) is 7.50. The van der Waals surface area contributed by atoms with E-state index >= 15 is 0 Å². The normalized spacial score (nSPS) is 16.1. The first kappa shape index (κ1) is 33.3. The molecule has 0 saturated heterocycles. The Labute approximate surface area is 271 Å². The Morgan fingerprint density at radius 3 is 0.833 bits per heavy atom. The standard InChI is InChI=1S/C36H46O2S4/c1-33(2,3)23-17-21(18-24(29(23)37)34(4,5)6)27(31-39-13-14-40-31)28(32-41-15-16-42-32)22-19-25(35(7,8)9)30(38)26(20-22)36(10,11)12/h13-20,37-38H,1-12H3. The van der Waals surface area contributed by atoms with Crippen molar-refractivity contribution in [3.05, 3.63) is 87.8 Å². The van der Waals surface area contributed by atoms with Crippen molar-refractivity contribution in [1.29, 1.82) is 0 Å². The number of phenols is 2. The van der Waals surface area contributed by atoms with Gasteiger partial charge in [-0.1, -0.05) is 130 Å². The van der Waals surface area contributed by atoms with Gasteiger partial charge in [-0.2, -0.15) is 0 Å². The molecule has 2 aromatic carbocycles. The van der Waals surface area contributed by atoms with Gasteiger partial charge in [0, 0.05) is 33.4 Å². The van der Waals surface area contributed by atoms with Crippen LogP contribution in [0, 0.1) is 0 Å². The Balaban J connectivity index is 2.17. The second-order valence-corrected chi connectivity index (χ2v) is 19.4. The van der Waals surface area contributed by atoms with Crippen molar-refractivity contribution in [2.75, 3.05) is 0 Å². The highest BCUT2D eigenvalue weighted by molar-refractivity contribution is 8.28. The summed E-state index contributed by atoms with van der Waals surface area (Å²) in [6.07, 6.45) is 0. The molecule has 0 aromatic heterocycles. The fraction of sp³-hybridized carbons (Fsp3) is 0.444. The van der Waals surface area contributed by atoms with Gasteiger partial charge in [-0.05, 0) is 78.7 Å². The second kappa shape index (κ2) is 11.7. The maximum atomic E-state index is 11.6. The molecule has 4 rings (SSSR count). The van der Waals surface area contributed by atoms with E-state index in [2.05, 4.69) is 129 Å². The van der Waals surface area contributed by atoms with Crippen molar-refractivity contribution in [3.8, 4) is 11.5 Å². The highest BCUT2D eigenvalue weighted by Gasteiger charge is 2.33. The minimum absolute atomic E-state index is 0.243. The molecule has 6 heteroatoms. The van der Waals surface area contributed by atoms with Gasteiger partial charge < -0.3 is 10.2 Å². The highest BCUT2D eigenvalue weighted by atomic mass is 32.2. The number of aromatic hydroxyl groups is 2. The van der Waals surface area contributed by atoms with E-state index in [0.717, 1.165) is 33.4 Å². The number of allylic oxidation sites excluding steroid dienone is 2. The molecule has 226 valence electrons. The van der Waals surface area contributed by atoms with Gasteiger partial charge in [0.1, 0.15) is 11.5 Å². The lowest BCUT2D eigenvalue weighted by atomic mass is 9.75. The zero-order valence-electron chi connectivity index (χ0n) is 27.1. The Morgan fingerprint density at radius 2 is 0.643 bits per heavy atom. The number of hydrogen-bond donors (Lipinski definition) is 2. The minimum Gasteiger partial charge on any atom is -0.507 e. The molecule has 0 saturated carbocycles. The van der Waals surface area contributed by atoms with Crippen LogP contribution >= 0.6 is 47.0 Å². The fourth-order valence-corrected chi connectivity index (χ4v) is 9.07. The van der Waals surface area contributed by atoms with Crippen LogP contribution in [0.1, 0.15) is 116 Å². The lowest BCUT2D eigenvalue weighted by Crippen LogP contribution is -2.19. The van der Waals surface area contributed by atoms with Crippen LogP contribution in [-0.4, -0.2) is 10.2 Å². The zero-order chi connectivity index (χ0) is 31.4. The third-order valence-corrected chi connectivity index (χ3v) is 11.8. The quantitative estimate of drug-likeness (QED) is 0.349. The third kappa shape index (κ3) is 6.87. The molecule has 2 aliphatic heterocycles. The van der Waals surface area contributed by atoms with Gasteiger partial charge in [0.25, 0.3) is 0 Å². The molecular formula is C36H46O2S4. The van der Waals surface area contributed by atoms with Gasteiger partial charge >= 0.3 is 0 Å². The van der Waals surface area contributed by atoms with Crippen LogP contribution in [0.25, 0.3) is 11.1 Å². The predicted molar refractivity (Wildman–Crippen MR) is 193 cm³/mol. The van der Waals surface area contributed by atoms with Crippen molar-refractivity contribution >= 4 is 58.2 Å². The molecule has 0 fully saturated rings. The predicted octanol–water partition coefficient (Wildman–Crippen LogP) is 12.2. The summed E-state index contributed by atoms with van der Waals surface area (Å²) < 4.78 is 2.44. The number of thioether (sulfide) groups is 4. The van der Waals surface area contributed by atoms with Crippen LogP contribution in [-0.2, 0) is 21.7 Å². The molecule has 0 amide bonds. The summed E-state index contributed by atoms with van der Waals surface area (Å²) in [5.41, 5.74) is 7.42. The molecule has 2 N–H and O–H groups in total. The Kier molecular flexibility index (Phi) is 9.29. The van der Waals surface area contributed by atoms with Crippen LogP contribution in [0.3, 0.4) is 0 Å². The first-order chi connectivity index (χ1) is 19.2. The second-order valence-electron chi connectivity index (χ2n) is 15.2. The molecule has 2 aromatic rings. The van der Waals surface area contributed by atoms with Crippen LogP contribution in [0.4, 0.5) is 0 Å². The number of rotatable bonds is 3. The van der Waals surface area contributed by atoms with E-state index in [9.17, 15) is 10.2 Å². The van der Waals surface area contributed by atoms with Crippen LogP contribution in [0.2, 0.25) is 0 Å². The van der Waals surface area contributed by atoms with Crippen LogP contribution in [0.5, 0.6) is 11.5 Å². The molecule has 0 unspecified atom stereocenters. The van der Waals surface area contributed by atoms with E-state index in [0.29, 0.717) is 11.5 Å². The minimum atomic E-state index is -0.243. The topological polar surface area (TPSA) is 40.5 Å². The fourth-order valence-electron chi connectivity index (χ4n) is 5.22. The van der Waals surface area contributed by atoms with Crippen molar-refractivity contribution in [3.63, 3.8) is 0 Å². The van der Waals surface area contributed by atoms with Gasteiger partial charge in [0.2, 0.25) is 0 Å². The Morgan fingerprint density at radius 1 is 0.429 bits per heavy atom. The summed E-state index contributed by atoms with van der Waals surface area (Å²) in [5, 5.41) is 31.8. The van der Waals surface area contributed by atoms with E-state index in [-0.39, 0.29) is 21.7 Å². The smallest absolute Gasteiger partial charge is 0.123 e. The molecule has 0 bridgehead atoms. The largest absolute Gasteiger partial charge is 0.507 e. The summed E-state index contributed by atoms with van der Waals surface area (Å²) in [7, 11) is 0. The van der Waals surface area contributed by atoms with Crippen molar-refractivity contribution in [2.24, 2.45) is 0 Å². The van der Waals surface area contributed by atoms with E-state index < -0.39 is 0 Å². The lowest BCUT2D eigenvalue weighted by Gasteiger charge is -2.31. The first-order valence-electron chi connectivity index (χ1n) is 14.4. The molecular weight excluding hydrogens is 593 g/mol. The zero-order valence-corrected chi connectivity index (χ0v) is 30.4. The molecule has 2 aliphatic rings. The van der Waals surface area contributed by atoms with Gasteiger partial charge in [0.15, 0.2) is 0 Å². The molecule has 0 spiro atoms. The van der Waals surface area contributed by atoms with E-state index in [1.807, 2.05) is 0 Å². The van der Waals surface area contributed by atoms with Gasteiger partial charge in [-0.15, -0.1) is 0 Å². The average molecular weight is 639 g/mol. The summed E-state index contributed by atoms with van der Waals surface area (Å²) in [5.74, 6) is 0.784. The average Bonchev–Trinajstić information content (AvgIpc) is 3.55. The molecule has 2 heterocycles. The lowest BCUT2D eigenvalue weighted by molar-refractivity contribution is 0.422. The number of phenolic OH excluding ortho intramolecular Hbond substituents is 2. The summed E-state index contributed by atoms with van der Waals surface area (Å²) in [4.78, 5) is 0. The van der Waals surface area contributed by atoms with Crippen LogP contribution in [0.15, 0.2) is 54.4 Å². The summed E-state index contributed by atoms with van der Waals surface area (Å²) in [6, 6.07) is 8.83. The molecule has 2 nitrogen and oxygen atoms in total. The van der Waals surface area contributed by atoms with Crippen molar-refractivity contribution < 1.29 is 10.2 Å². The van der Waals surface area contributed by atoms with E-state index in [1.165, 1.54) is 19.6 Å². The molecule has 0 atom stereocenters. The van der Waals surface area contributed by atoms with Crippen molar-refractivity contribution in [1.82, 2.24) is 0 Å².